The van der Waals surface area contributed by atoms with Crippen molar-refractivity contribution < 1.29 is 4.42 Å². The number of para-hydroxylation sites is 2. The van der Waals surface area contributed by atoms with Gasteiger partial charge in [-0.2, -0.15) is 0 Å². The van der Waals surface area contributed by atoms with Crippen molar-refractivity contribution in [2.24, 2.45) is 0 Å². The predicted octanol–water partition coefficient (Wildman–Crippen LogP) is 5.03. The fraction of sp³-hybridized carbons (Fsp3) is 0.118. The molecule has 114 valence electrons. The Labute approximate surface area is 141 Å². The summed E-state index contributed by atoms with van der Waals surface area (Å²) >= 11 is 7.47. The average Bonchev–Trinajstić information content (AvgIpc) is 2.94. The highest BCUT2D eigenvalue weighted by atomic mass is 35.5. The number of hydrogen-bond donors (Lipinski definition) is 0. The summed E-state index contributed by atoms with van der Waals surface area (Å²) in [6.45, 7) is 1.97. The number of rotatable bonds is 3. The number of benzene rings is 2. The summed E-state index contributed by atoms with van der Waals surface area (Å²) in [6, 6.07) is 13.3. The molecule has 0 unspecified atom stereocenters. The van der Waals surface area contributed by atoms with Crippen molar-refractivity contribution in [1.29, 1.82) is 0 Å². The van der Waals surface area contributed by atoms with Gasteiger partial charge >= 0.3 is 0 Å². The number of oxazole rings is 1. The molecule has 0 radical (unpaired) electrons. The highest BCUT2D eigenvalue weighted by Gasteiger charge is 2.10. The molecule has 6 heteroatoms. The van der Waals surface area contributed by atoms with Crippen LogP contribution in [0, 0.1) is 6.92 Å². The van der Waals surface area contributed by atoms with Crippen LogP contribution in [0.5, 0.6) is 0 Å². The van der Waals surface area contributed by atoms with Crippen molar-refractivity contribution in [2.45, 2.75) is 17.9 Å². The first-order valence-corrected chi connectivity index (χ1v) is 8.46. The van der Waals surface area contributed by atoms with Crippen LogP contribution in [0.2, 0.25) is 5.02 Å². The molecule has 0 amide bonds. The Morgan fingerprint density at radius 2 is 1.78 bits per heavy atom. The van der Waals surface area contributed by atoms with Crippen LogP contribution in [-0.2, 0) is 5.75 Å². The summed E-state index contributed by atoms with van der Waals surface area (Å²) in [6.07, 6.45) is 0. The van der Waals surface area contributed by atoms with Crippen molar-refractivity contribution in [3.8, 4) is 0 Å². The molecule has 0 saturated carbocycles. The van der Waals surface area contributed by atoms with E-state index < -0.39 is 0 Å². The lowest BCUT2D eigenvalue weighted by molar-refractivity contribution is 0.489. The molecule has 0 aliphatic carbocycles. The van der Waals surface area contributed by atoms with Crippen molar-refractivity contribution in [3.63, 3.8) is 0 Å². The lowest BCUT2D eigenvalue weighted by atomic mass is 10.2. The molecule has 4 nitrogen and oxygen atoms in total. The SMILES string of the molecule is Cc1nc2ccccc2nc1CSc1nc2cc(Cl)ccc2o1. The van der Waals surface area contributed by atoms with Crippen LogP contribution in [0.1, 0.15) is 11.4 Å². The Morgan fingerprint density at radius 3 is 2.61 bits per heavy atom. The summed E-state index contributed by atoms with van der Waals surface area (Å²) in [5, 5.41) is 1.26. The number of halogens is 1. The smallest absolute Gasteiger partial charge is 0.257 e. The van der Waals surface area contributed by atoms with Crippen LogP contribution in [0.3, 0.4) is 0 Å². The molecule has 0 fully saturated rings. The zero-order valence-electron chi connectivity index (χ0n) is 12.3. The molecule has 0 spiro atoms. The Balaban J connectivity index is 1.61. The first kappa shape index (κ1) is 14.5. The van der Waals surface area contributed by atoms with Gasteiger partial charge in [-0.3, -0.25) is 0 Å². The highest BCUT2D eigenvalue weighted by Crippen LogP contribution is 2.28. The zero-order chi connectivity index (χ0) is 15.8. The van der Waals surface area contributed by atoms with Gasteiger partial charge in [-0.25, -0.2) is 15.0 Å². The number of nitrogens with zero attached hydrogens (tertiary/aromatic N) is 3. The van der Waals surface area contributed by atoms with Crippen LogP contribution in [-0.4, -0.2) is 15.0 Å². The summed E-state index contributed by atoms with van der Waals surface area (Å²) in [5.74, 6) is 0.657. The van der Waals surface area contributed by atoms with E-state index in [0.717, 1.165) is 33.5 Å². The van der Waals surface area contributed by atoms with Crippen LogP contribution < -0.4 is 0 Å². The molecule has 23 heavy (non-hydrogen) atoms. The lowest BCUT2D eigenvalue weighted by Gasteiger charge is -2.04. The number of thioether (sulfide) groups is 1. The standard InChI is InChI=1S/C17H12ClN3OS/c1-10-15(20-13-5-3-2-4-12(13)19-10)9-23-17-21-14-8-11(18)6-7-16(14)22-17/h2-8H,9H2,1H3. The molecule has 0 N–H and O–H groups in total. The molecule has 0 saturated heterocycles. The van der Waals surface area contributed by atoms with Gasteiger partial charge < -0.3 is 4.42 Å². The second kappa shape index (κ2) is 5.83. The fourth-order valence-electron chi connectivity index (χ4n) is 2.33. The molecular weight excluding hydrogens is 330 g/mol. The molecular formula is C17H12ClN3OS. The van der Waals surface area contributed by atoms with Crippen molar-refractivity contribution >= 4 is 45.5 Å². The average molecular weight is 342 g/mol. The van der Waals surface area contributed by atoms with Crippen molar-refractivity contribution in [1.82, 2.24) is 15.0 Å². The molecule has 4 rings (SSSR count). The summed E-state index contributed by atoms with van der Waals surface area (Å²) in [7, 11) is 0. The van der Waals surface area contributed by atoms with E-state index in [1.54, 1.807) is 12.1 Å². The first-order valence-electron chi connectivity index (χ1n) is 7.10. The molecule has 2 heterocycles. The third-order valence-electron chi connectivity index (χ3n) is 3.51. The topological polar surface area (TPSA) is 51.8 Å². The molecule has 0 bridgehead atoms. The predicted molar refractivity (Wildman–Crippen MR) is 92.9 cm³/mol. The zero-order valence-corrected chi connectivity index (χ0v) is 13.9. The van der Waals surface area contributed by atoms with E-state index in [4.69, 9.17) is 16.0 Å². The second-order valence-corrected chi connectivity index (χ2v) is 6.49. The third kappa shape index (κ3) is 2.90. The van der Waals surface area contributed by atoms with Gasteiger partial charge in [0, 0.05) is 10.8 Å². The molecule has 4 aromatic rings. The quantitative estimate of drug-likeness (QED) is 0.489. The van der Waals surface area contributed by atoms with Gasteiger partial charge in [0.25, 0.3) is 5.22 Å². The van der Waals surface area contributed by atoms with E-state index in [2.05, 4.69) is 15.0 Å². The van der Waals surface area contributed by atoms with Gasteiger partial charge in [0.1, 0.15) is 5.52 Å². The largest absolute Gasteiger partial charge is 0.431 e. The minimum absolute atomic E-state index is 0.608. The maximum atomic E-state index is 5.97. The van der Waals surface area contributed by atoms with Gasteiger partial charge in [0.05, 0.1) is 22.4 Å². The summed E-state index contributed by atoms with van der Waals surface area (Å²) in [5.41, 5.74) is 5.18. The normalized spacial score (nSPS) is 11.4. The molecule has 2 aromatic carbocycles. The van der Waals surface area contributed by atoms with E-state index in [-0.39, 0.29) is 0 Å². The van der Waals surface area contributed by atoms with Gasteiger partial charge in [-0.1, -0.05) is 35.5 Å². The van der Waals surface area contributed by atoms with E-state index in [0.29, 0.717) is 16.0 Å². The Bertz CT molecular complexity index is 1020. The molecule has 0 atom stereocenters. The molecule has 2 aromatic heterocycles. The minimum atomic E-state index is 0.608. The van der Waals surface area contributed by atoms with E-state index in [1.807, 2.05) is 37.3 Å². The first-order chi connectivity index (χ1) is 11.2. The van der Waals surface area contributed by atoms with Gasteiger partial charge in [-0.05, 0) is 37.3 Å². The Kier molecular flexibility index (Phi) is 3.67. The van der Waals surface area contributed by atoms with Crippen LogP contribution >= 0.6 is 23.4 Å². The Morgan fingerprint density at radius 1 is 1.00 bits per heavy atom. The number of hydrogen-bond acceptors (Lipinski definition) is 5. The van der Waals surface area contributed by atoms with Crippen LogP contribution in [0.15, 0.2) is 52.1 Å². The number of fused-ring (bicyclic) bond motifs is 2. The van der Waals surface area contributed by atoms with E-state index in [1.165, 1.54) is 11.8 Å². The second-order valence-electron chi connectivity index (χ2n) is 5.12. The maximum absolute atomic E-state index is 5.97. The minimum Gasteiger partial charge on any atom is -0.431 e. The van der Waals surface area contributed by atoms with Crippen LogP contribution in [0.25, 0.3) is 22.1 Å². The molecule has 0 aliphatic rings. The van der Waals surface area contributed by atoms with Gasteiger partial charge in [0.15, 0.2) is 5.58 Å². The monoisotopic (exact) mass is 341 g/mol. The molecule has 0 aliphatic heterocycles. The van der Waals surface area contributed by atoms with Crippen molar-refractivity contribution in [3.05, 3.63) is 58.9 Å². The lowest BCUT2D eigenvalue weighted by Crippen LogP contribution is -1.96. The van der Waals surface area contributed by atoms with E-state index >= 15 is 0 Å². The van der Waals surface area contributed by atoms with Crippen LogP contribution in [0.4, 0.5) is 0 Å². The third-order valence-corrected chi connectivity index (χ3v) is 4.58. The number of aryl methyl sites for hydroxylation is 1. The van der Waals surface area contributed by atoms with E-state index in [9.17, 15) is 0 Å². The fourth-order valence-corrected chi connectivity index (χ4v) is 3.34. The summed E-state index contributed by atoms with van der Waals surface area (Å²) < 4.78 is 5.72. The number of aromatic nitrogens is 3. The van der Waals surface area contributed by atoms with Crippen molar-refractivity contribution in [2.75, 3.05) is 0 Å². The highest BCUT2D eigenvalue weighted by molar-refractivity contribution is 7.98. The van der Waals surface area contributed by atoms with Gasteiger partial charge in [-0.15, -0.1) is 0 Å². The maximum Gasteiger partial charge on any atom is 0.257 e. The van der Waals surface area contributed by atoms with Gasteiger partial charge in [0.2, 0.25) is 0 Å². The summed E-state index contributed by atoms with van der Waals surface area (Å²) in [4.78, 5) is 13.7. The Hall–Kier alpha value is -2.11.